The highest BCUT2D eigenvalue weighted by molar-refractivity contribution is 5.11. The zero-order chi connectivity index (χ0) is 30.2. The molecule has 0 radical (unpaired) electrons. The van der Waals surface area contributed by atoms with Gasteiger partial charge < -0.3 is 40.2 Å². The quantitative estimate of drug-likeness (QED) is 0.198. The number of methoxy groups -OCH3 is 3. The van der Waals surface area contributed by atoms with E-state index in [-0.39, 0.29) is 32.5 Å². The van der Waals surface area contributed by atoms with Gasteiger partial charge in [0, 0.05) is 79.0 Å². The Labute approximate surface area is 232 Å². The zero-order valence-corrected chi connectivity index (χ0v) is 25.3. The van der Waals surface area contributed by atoms with Crippen LogP contribution in [0.4, 0.5) is 13.2 Å². The second kappa shape index (κ2) is 15.1. The molecule has 0 spiro atoms. The van der Waals surface area contributed by atoms with Crippen molar-refractivity contribution < 1.29 is 42.7 Å². The van der Waals surface area contributed by atoms with Gasteiger partial charge in [-0.3, -0.25) is 4.90 Å². The van der Waals surface area contributed by atoms with Crippen LogP contribution in [0.15, 0.2) is 0 Å². The number of hydrogen-bond donors (Lipinski definition) is 5. The summed E-state index contributed by atoms with van der Waals surface area (Å²) in [6.07, 6.45) is -8.91. The summed E-state index contributed by atoms with van der Waals surface area (Å²) in [7, 11) is 4.07. The van der Waals surface area contributed by atoms with Gasteiger partial charge >= 0.3 is 0 Å². The van der Waals surface area contributed by atoms with Crippen LogP contribution >= 0.6 is 0 Å². The Morgan fingerprint density at radius 1 is 0.692 bits per heavy atom. The molecule has 0 amide bonds. The van der Waals surface area contributed by atoms with Crippen LogP contribution in [-0.2, 0) is 14.2 Å². The van der Waals surface area contributed by atoms with Gasteiger partial charge in [0.15, 0.2) is 0 Å². The van der Waals surface area contributed by atoms with Crippen molar-refractivity contribution in [3.8, 4) is 0 Å². The van der Waals surface area contributed by atoms with E-state index in [1.165, 1.54) is 55.9 Å². The molecule has 12 heteroatoms. The summed E-state index contributed by atoms with van der Waals surface area (Å²) in [6.45, 7) is 9.70. The lowest BCUT2D eigenvalue weighted by Crippen LogP contribution is -2.70. The van der Waals surface area contributed by atoms with Crippen molar-refractivity contribution in [2.75, 3.05) is 60.6 Å². The van der Waals surface area contributed by atoms with Gasteiger partial charge in [-0.15, -0.1) is 0 Å². The highest BCUT2D eigenvalue weighted by Crippen LogP contribution is 2.42. The zero-order valence-electron chi connectivity index (χ0n) is 25.3. The standard InChI is InChI=1S/C27H54F3N3O6/c1-18(28)25(34,21(4)37-7)14-24(15-26(35,19(2)29)22(5)38-8)16-32-11-10-31-12-13-33(24)17-27(36,20(3)30)23(6)39-9/h18-23,31-32,34-36H,10-17H2,1-9H3. The van der Waals surface area contributed by atoms with Crippen LogP contribution in [0.5, 0.6) is 0 Å². The van der Waals surface area contributed by atoms with Gasteiger partial charge in [-0.2, -0.15) is 0 Å². The molecule has 1 fully saturated rings. The molecular weight excluding hydrogens is 519 g/mol. The first-order valence-electron chi connectivity index (χ1n) is 13.8. The molecule has 0 aromatic carbocycles. The van der Waals surface area contributed by atoms with Crippen molar-refractivity contribution in [3.05, 3.63) is 0 Å². The summed E-state index contributed by atoms with van der Waals surface area (Å²) in [5.41, 5.74) is -7.60. The summed E-state index contributed by atoms with van der Waals surface area (Å²) >= 11 is 0. The average molecular weight is 574 g/mol. The minimum atomic E-state index is -2.08. The minimum absolute atomic E-state index is 0.0592. The summed E-state index contributed by atoms with van der Waals surface area (Å²) in [5, 5.41) is 41.7. The molecule has 39 heavy (non-hydrogen) atoms. The molecule has 0 aromatic rings. The Balaban J connectivity index is 3.98. The van der Waals surface area contributed by atoms with Gasteiger partial charge in [-0.1, -0.05) is 0 Å². The number of aliphatic hydroxyl groups is 3. The molecule has 0 aromatic heterocycles. The first-order chi connectivity index (χ1) is 18.0. The summed E-state index contributed by atoms with van der Waals surface area (Å²) in [5.74, 6) is 0. The van der Waals surface area contributed by atoms with E-state index >= 15 is 13.2 Å². The second-order valence-electron chi connectivity index (χ2n) is 11.4. The molecule has 234 valence electrons. The maximum absolute atomic E-state index is 15.3. The van der Waals surface area contributed by atoms with Crippen LogP contribution in [0.2, 0.25) is 0 Å². The van der Waals surface area contributed by atoms with E-state index < -0.39 is 59.2 Å². The third-order valence-corrected chi connectivity index (χ3v) is 9.07. The van der Waals surface area contributed by atoms with Gasteiger partial charge in [-0.05, 0) is 41.5 Å². The number of ether oxygens (including phenoxy) is 3. The largest absolute Gasteiger partial charge is 0.384 e. The van der Waals surface area contributed by atoms with Gasteiger partial charge in [-0.25, -0.2) is 13.2 Å². The summed E-state index contributed by atoms with van der Waals surface area (Å²) in [6, 6.07) is 0. The fraction of sp³-hybridized carbons (Fsp3) is 1.00. The van der Waals surface area contributed by atoms with E-state index in [9.17, 15) is 15.3 Å². The topological polar surface area (TPSA) is 116 Å². The van der Waals surface area contributed by atoms with Crippen molar-refractivity contribution >= 4 is 0 Å². The molecule has 1 aliphatic rings. The van der Waals surface area contributed by atoms with E-state index in [2.05, 4.69) is 10.6 Å². The van der Waals surface area contributed by atoms with E-state index in [1.807, 2.05) is 0 Å². The monoisotopic (exact) mass is 573 g/mol. The molecule has 5 N–H and O–H groups in total. The second-order valence-corrected chi connectivity index (χ2v) is 11.4. The first-order valence-corrected chi connectivity index (χ1v) is 13.8. The average Bonchev–Trinajstić information content (AvgIpc) is 2.97. The number of nitrogens with zero attached hydrogens (tertiary/aromatic N) is 1. The Morgan fingerprint density at radius 3 is 1.46 bits per heavy atom. The maximum Gasteiger partial charge on any atom is 0.134 e. The van der Waals surface area contributed by atoms with Gasteiger partial charge in [0.25, 0.3) is 0 Å². The molecule has 1 aliphatic heterocycles. The molecule has 9 atom stereocenters. The van der Waals surface area contributed by atoms with Gasteiger partial charge in [0.1, 0.15) is 35.3 Å². The fourth-order valence-corrected chi connectivity index (χ4v) is 5.61. The predicted octanol–water partition coefficient (Wildman–Crippen LogP) is 1.37. The maximum atomic E-state index is 15.3. The Hall–Kier alpha value is -0.570. The Bertz CT molecular complexity index is 694. The third kappa shape index (κ3) is 8.26. The molecule has 1 rings (SSSR count). The molecule has 0 bridgehead atoms. The predicted molar refractivity (Wildman–Crippen MR) is 145 cm³/mol. The van der Waals surface area contributed by atoms with Crippen molar-refractivity contribution in [2.45, 2.75) is 114 Å². The van der Waals surface area contributed by atoms with E-state index in [0.717, 1.165) is 0 Å². The Morgan fingerprint density at radius 2 is 1.08 bits per heavy atom. The molecule has 1 heterocycles. The molecule has 9 unspecified atom stereocenters. The SMILES string of the molecule is COC(C)C(O)(CN1CCNCCNCC1(CC(O)(C(C)F)C(C)OC)CC(O)(C(C)F)C(C)OC)C(C)F. The lowest BCUT2D eigenvalue weighted by atomic mass is 9.69. The lowest BCUT2D eigenvalue weighted by Gasteiger charge is -2.55. The third-order valence-electron chi connectivity index (χ3n) is 9.07. The lowest BCUT2D eigenvalue weighted by molar-refractivity contribution is -0.195. The Kier molecular flexibility index (Phi) is 14.1. The van der Waals surface area contributed by atoms with E-state index in [4.69, 9.17) is 14.2 Å². The van der Waals surface area contributed by atoms with Gasteiger partial charge in [0.05, 0.1) is 18.3 Å². The fourth-order valence-electron chi connectivity index (χ4n) is 5.61. The van der Waals surface area contributed by atoms with E-state index in [0.29, 0.717) is 19.6 Å². The van der Waals surface area contributed by atoms with Crippen LogP contribution in [-0.4, -0.2) is 140 Å². The van der Waals surface area contributed by atoms with Crippen molar-refractivity contribution in [3.63, 3.8) is 0 Å². The number of β-amino-alcohol motifs (C(OH)–C–C–N with tert-alkyl or cyclic N) is 1. The summed E-state index contributed by atoms with van der Waals surface area (Å²) < 4.78 is 61.8. The molecule has 0 aliphatic carbocycles. The number of halogens is 3. The number of rotatable bonds is 15. The highest BCUT2D eigenvalue weighted by Gasteiger charge is 2.57. The van der Waals surface area contributed by atoms with Crippen LogP contribution in [0, 0.1) is 0 Å². The molecule has 1 saturated heterocycles. The highest BCUT2D eigenvalue weighted by atomic mass is 19.1. The normalized spacial score (nSPS) is 29.3. The number of alkyl halides is 3. The van der Waals surface area contributed by atoms with Crippen molar-refractivity contribution in [1.82, 2.24) is 15.5 Å². The van der Waals surface area contributed by atoms with Crippen LogP contribution in [0.1, 0.15) is 54.4 Å². The van der Waals surface area contributed by atoms with Crippen LogP contribution in [0.25, 0.3) is 0 Å². The number of nitrogens with one attached hydrogen (secondary N) is 2. The molecule has 0 saturated carbocycles. The molecule has 9 nitrogen and oxygen atoms in total. The van der Waals surface area contributed by atoms with Gasteiger partial charge in [0.2, 0.25) is 0 Å². The first kappa shape index (κ1) is 36.5. The smallest absolute Gasteiger partial charge is 0.134 e. The van der Waals surface area contributed by atoms with Crippen LogP contribution < -0.4 is 10.6 Å². The minimum Gasteiger partial charge on any atom is -0.384 e. The van der Waals surface area contributed by atoms with Crippen molar-refractivity contribution in [2.24, 2.45) is 0 Å². The van der Waals surface area contributed by atoms with E-state index in [1.54, 1.807) is 11.8 Å². The number of hydrogen-bond acceptors (Lipinski definition) is 9. The molecular formula is C27H54F3N3O6. The van der Waals surface area contributed by atoms with Crippen molar-refractivity contribution in [1.29, 1.82) is 0 Å². The van der Waals surface area contributed by atoms with Crippen LogP contribution in [0.3, 0.4) is 0 Å². The summed E-state index contributed by atoms with van der Waals surface area (Å²) in [4.78, 5) is 1.72.